The van der Waals surface area contributed by atoms with Crippen molar-refractivity contribution in [1.29, 1.82) is 0 Å². The van der Waals surface area contributed by atoms with Gasteiger partial charge in [-0.1, -0.05) is 43.6 Å². The molecule has 10 heteroatoms. The summed E-state index contributed by atoms with van der Waals surface area (Å²) in [6, 6.07) is 15.5. The Balaban J connectivity index is 0.978. The van der Waals surface area contributed by atoms with E-state index in [1.165, 1.54) is 0 Å². The number of likely N-dealkylation sites (tertiary alicyclic amines) is 2. The van der Waals surface area contributed by atoms with E-state index >= 15 is 0 Å². The van der Waals surface area contributed by atoms with Gasteiger partial charge in [0.1, 0.15) is 18.0 Å². The molecule has 6 rings (SSSR count). The molecular formula is C36H43ClN6O3. The van der Waals surface area contributed by atoms with Gasteiger partial charge in [-0.15, -0.1) is 0 Å². The summed E-state index contributed by atoms with van der Waals surface area (Å²) in [5.41, 5.74) is 2.71. The highest BCUT2D eigenvalue weighted by Crippen LogP contribution is 2.37. The largest absolute Gasteiger partial charge is 0.487 e. The smallest absolute Gasteiger partial charge is 0.410 e. The van der Waals surface area contributed by atoms with E-state index in [9.17, 15) is 4.79 Å². The van der Waals surface area contributed by atoms with Gasteiger partial charge in [-0.25, -0.2) is 19.6 Å². The van der Waals surface area contributed by atoms with Gasteiger partial charge >= 0.3 is 6.09 Å². The molecule has 2 unspecified atom stereocenters. The molecule has 3 aliphatic rings. The number of halogens is 1. The Morgan fingerprint density at radius 2 is 1.65 bits per heavy atom. The normalized spacial score (nSPS) is 20.3. The van der Waals surface area contributed by atoms with Gasteiger partial charge in [-0.2, -0.15) is 0 Å². The Labute approximate surface area is 277 Å². The molecule has 2 aromatic carbocycles. The lowest BCUT2D eigenvalue weighted by Gasteiger charge is -2.41. The van der Waals surface area contributed by atoms with E-state index in [0.29, 0.717) is 35.1 Å². The lowest BCUT2D eigenvalue weighted by atomic mass is 9.78. The molecule has 46 heavy (non-hydrogen) atoms. The number of benzene rings is 2. The van der Waals surface area contributed by atoms with Crippen molar-refractivity contribution in [3.05, 3.63) is 88.0 Å². The van der Waals surface area contributed by atoms with Crippen LogP contribution in [0.25, 0.3) is 4.85 Å². The van der Waals surface area contributed by atoms with Gasteiger partial charge in [-0.3, -0.25) is 0 Å². The number of carbonyl (C=O) groups is 1. The standard InChI is InChI=1S/C36H43ClN6O3/c1-35(2,3)46-34(44)43-17-24(18-43)16-41-19-25-21-42(22-26(25)20-41)33-39-12-11-30(40-33)23-45-32-9-7-27(8-10-32)36(4,5)28-13-29(37)15-31(14-28)38-6/h7-15,24-26H,16-23H2,1-5H3. The van der Waals surface area contributed by atoms with Crippen molar-refractivity contribution in [2.24, 2.45) is 17.8 Å². The van der Waals surface area contributed by atoms with Gasteiger partial charge in [0.25, 0.3) is 0 Å². The van der Waals surface area contributed by atoms with Crippen LogP contribution in [-0.4, -0.2) is 77.3 Å². The molecule has 0 aliphatic carbocycles. The molecule has 242 valence electrons. The summed E-state index contributed by atoms with van der Waals surface area (Å²) in [6.07, 6.45) is 1.62. The first-order valence-corrected chi connectivity index (χ1v) is 16.4. The summed E-state index contributed by atoms with van der Waals surface area (Å²) >= 11 is 6.29. The van der Waals surface area contributed by atoms with Crippen LogP contribution in [-0.2, 0) is 16.8 Å². The predicted molar refractivity (Wildman–Crippen MR) is 180 cm³/mol. The Kier molecular flexibility index (Phi) is 8.88. The predicted octanol–water partition coefficient (Wildman–Crippen LogP) is 6.82. The molecule has 3 fully saturated rings. The van der Waals surface area contributed by atoms with Crippen molar-refractivity contribution < 1.29 is 14.3 Å². The van der Waals surface area contributed by atoms with Gasteiger partial charge in [0, 0.05) is 68.4 Å². The summed E-state index contributed by atoms with van der Waals surface area (Å²) < 4.78 is 11.6. The van der Waals surface area contributed by atoms with Crippen molar-refractivity contribution in [3.8, 4) is 5.75 Å². The number of fused-ring (bicyclic) bond motifs is 1. The van der Waals surface area contributed by atoms with Crippen LogP contribution in [0.5, 0.6) is 5.75 Å². The van der Waals surface area contributed by atoms with Gasteiger partial charge in [0.2, 0.25) is 5.95 Å². The summed E-state index contributed by atoms with van der Waals surface area (Å²) in [5, 5.41) is 0.568. The third kappa shape index (κ3) is 7.24. The van der Waals surface area contributed by atoms with Gasteiger partial charge in [-0.05, 0) is 74.1 Å². The molecular weight excluding hydrogens is 600 g/mol. The van der Waals surface area contributed by atoms with Crippen LogP contribution in [0, 0.1) is 24.3 Å². The van der Waals surface area contributed by atoms with E-state index in [0.717, 1.165) is 74.3 Å². The number of hydrogen-bond donors (Lipinski definition) is 0. The minimum absolute atomic E-state index is 0.199. The maximum atomic E-state index is 12.3. The van der Waals surface area contributed by atoms with Gasteiger partial charge < -0.3 is 24.2 Å². The summed E-state index contributed by atoms with van der Waals surface area (Å²) in [4.78, 5) is 32.0. The fourth-order valence-corrected chi connectivity index (χ4v) is 7.07. The fraction of sp³-hybridized carbons (Fsp3) is 0.500. The maximum absolute atomic E-state index is 12.3. The first-order chi connectivity index (χ1) is 21.9. The zero-order valence-corrected chi connectivity index (χ0v) is 28.1. The monoisotopic (exact) mass is 642 g/mol. The third-order valence-corrected chi connectivity index (χ3v) is 9.58. The van der Waals surface area contributed by atoms with Crippen LogP contribution < -0.4 is 9.64 Å². The second-order valence-electron chi connectivity index (χ2n) is 14.5. The molecule has 9 nitrogen and oxygen atoms in total. The third-order valence-electron chi connectivity index (χ3n) is 9.37. The average Bonchev–Trinajstić information content (AvgIpc) is 3.56. The van der Waals surface area contributed by atoms with Crippen molar-refractivity contribution in [2.75, 3.05) is 50.7 Å². The number of anilines is 1. The molecule has 0 saturated carbocycles. The van der Waals surface area contributed by atoms with E-state index in [2.05, 4.69) is 45.6 Å². The number of aromatic nitrogens is 2. The lowest BCUT2D eigenvalue weighted by Crippen LogP contribution is -2.54. The molecule has 0 bridgehead atoms. The van der Waals surface area contributed by atoms with E-state index in [1.54, 1.807) is 6.07 Å². The Morgan fingerprint density at radius 1 is 0.957 bits per heavy atom. The zero-order valence-electron chi connectivity index (χ0n) is 27.4. The molecule has 0 radical (unpaired) electrons. The number of carbonyl (C=O) groups excluding carboxylic acids is 1. The highest BCUT2D eigenvalue weighted by molar-refractivity contribution is 6.31. The molecule has 2 atom stereocenters. The molecule has 0 spiro atoms. The van der Waals surface area contributed by atoms with E-state index in [-0.39, 0.29) is 11.5 Å². The number of hydrogen-bond acceptors (Lipinski definition) is 7. The topological polar surface area (TPSA) is 75.4 Å². The average molecular weight is 643 g/mol. The Bertz CT molecular complexity index is 1600. The molecule has 1 amide bonds. The molecule has 3 aliphatic heterocycles. The van der Waals surface area contributed by atoms with Crippen molar-refractivity contribution in [3.63, 3.8) is 0 Å². The minimum Gasteiger partial charge on any atom is -0.487 e. The maximum Gasteiger partial charge on any atom is 0.410 e. The van der Waals surface area contributed by atoms with Gasteiger partial charge in [0.05, 0.1) is 12.3 Å². The van der Waals surface area contributed by atoms with Crippen molar-refractivity contribution in [2.45, 2.75) is 52.2 Å². The molecule has 3 aromatic rings. The first-order valence-electron chi connectivity index (χ1n) is 16.1. The van der Waals surface area contributed by atoms with Crippen LogP contribution in [0.3, 0.4) is 0 Å². The second-order valence-corrected chi connectivity index (χ2v) is 14.9. The van der Waals surface area contributed by atoms with Crippen LogP contribution in [0.15, 0.2) is 54.7 Å². The van der Waals surface area contributed by atoms with Crippen LogP contribution in [0.4, 0.5) is 16.4 Å². The summed E-state index contributed by atoms with van der Waals surface area (Å²) in [5.74, 6) is 3.27. The Hall–Kier alpha value is -3.87. The second kappa shape index (κ2) is 12.7. The van der Waals surface area contributed by atoms with Gasteiger partial charge in [0.15, 0.2) is 5.69 Å². The highest BCUT2D eigenvalue weighted by atomic mass is 35.5. The zero-order chi connectivity index (χ0) is 32.6. The number of ether oxygens (including phenoxy) is 2. The number of amides is 1. The molecule has 0 N–H and O–H groups in total. The van der Waals surface area contributed by atoms with E-state index < -0.39 is 5.60 Å². The molecule has 3 saturated heterocycles. The highest BCUT2D eigenvalue weighted by Gasteiger charge is 2.43. The number of rotatable bonds is 8. The van der Waals surface area contributed by atoms with Crippen molar-refractivity contribution in [1.82, 2.24) is 19.8 Å². The minimum atomic E-state index is -0.452. The van der Waals surface area contributed by atoms with E-state index in [4.69, 9.17) is 32.6 Å². The van der Waals surface area contributed by atoms with Crippen LogP contribution >= 0.6 is 11.6 Å². The SMILES string of the molecule is [C-]#[N+]c1cc(Cl)cc(C(C)(C)c2ccc(OCc3ccnc(N4CC5CN(CC6CN(C(=O)OC(C)(C)C)C6)CC5C4)n3)cc2)c1. The van der Waals surface area contributed by atoms with E-state index in [1.807, 2.05) is 62.2 Å². The van der Waals surface area contributed by atoms with Crippen LogP contribution in [0.2, 0.25) is 5.02 Å². The number of nitrogens with zero attached hydrogens (tertiary/aromatic N) is 6. The summed E-state index contributed by atoms with van der Waals surface area (Å²) in [7, 11) is 0. The first kappa shape index (κ1) is 32.1. The van der Waals surface area contributed by atoms with Crippen molar-refractivity contribution >= 4 is 29.3 Å². The molecule has 1 aromatic heterocycles. The molecule has 4 heterocycles. The van der Waals surface area contributed by atoms with Crippen LogP contribution in [0.1, 0.15) is 51.4 Å². The fourth-order valence-electron chi connectivity index (χ4n) is 6.84. The lowest BCUT2D eigenvalue weighted by molar-refractivity contribution is -0.00556. The summed E-state index contributed by atoms with van der Waals surface area (Å²) in [6.45, 7) is 24.4. The quantitative estimate of drug-likeness (QED) is 0.250. The Morgan fingerprint density at radius 3 is 2.30 bits per heavy atom.